The van der Waals surface area contributed by atoms with E-state index >= 15 is 0 Å². The third-order valence-electron chi connectivity index (χ3n) is 5.95. The van der Waals surface area contributed by atoms with E-state index in [0.29, 0.717) is 27.9 Å². The minimum atomic E-state index is -3.89. The van der Waals surface area contributed by atoms with Crippen LogP contribution in [-0.4, -0.2) is 59.8 Å². The Morgan fingerprint density at radius 2 is 1.69 bits per heavy atom. The molecule has 0 saturated carbocycles. The van der Waals surface area contributed by atoms with Gasteiger partial charge in [0.25, 0.3) is 11.6 Å². The van der Waals surface area contributed by atoms with Gasteiger partial charge in [0, 0.05) is 31.7 Å². The molecule has 180 valence electrons. The normalized spacial score (nSPS) is 15.0. The molecule has 1 aliphatic rings. The predicted octanol–water partition coefficient (Wildman–Crippen LogP) is 3.62. The SMILES string of the molecule is Cc1noc2nc(-c3ccc(F)cc3)cc(C(=O)N3CCN(S(=O)(=O)c4cccc(F)c4)CC3)c12. The molecule has 1 saturated heterocycles. The molecular weight excluding hydrogens is 478 g/mol. The van der Waals surface area contributed by atoms with Crippen molar-refractivity contribution >= 4 is 27.0 Å². The lowest BCUT2D eigenvalue weighted by molar-refractivity contribution is 0.0699. The van der Waals surface area contributed by atoms with Gasteiger partial charge in [-0.1, -0.05) is 11.2 Å². The van der Waals surface area contributed by atoms with Crippen LogP contribution in [0, 0.1) is 18.6 Å². The molecule has 3 heterocycles. The number of aryl methyl sites for hydroxylation is 1. The maximum Gasteiger partial charge on any atom is 0.259 e. The first kappa shape index (κ1) is 23.1. The summed E-state index contributed by atoms with van der Waals surface area (Å²) in [5.41, 5.74) is 2.01. The van der Waals surface area contributed by atoms with Crippen LogP contribution in [0.5, 0.6) is 0 Å². The van der Waals surface area contributed by atoms with E-state index in [1.165, 1.54) is 34.6 Å². The van der Waals surface area contributed by atoms with Crippen LogP contribution in [-0.2, 0) is 10.0 Å². The van der Waals surface area contributed by atoms with Crippen molar-refractivity contribution in [2.45, 2.75) is 11.8 Å². The number of fused-ring (bicyclic) bond motifs is 1. The largest absolute Gasteiger partial charge is 0.336 e. The van der Waals surface area contributed by atoms with Crippen molar-refractivity contribution < 1.29 is 26.5 Å². The van der Waals surface area contributed by atoms with E-state index in [4.69, 9.17) is 4.52 Å². The van der Waals surface area contributed by atoms with E-state index in [2.05, 4.69) is 10.1 Å². The standard InChI is InChI=1S/C24H20F2N4O4S/c1-15-22-20(14-21(27-23(22)34-28-15)16-5-7-17(25)8-6-16)24(31)29-9-11-30(12-10-29)35(32,33)19-4-2-3-18(26)13-19/h2-8,13-14H,9-12H2,1H3. The van der Waals surface area contributed by atoms with E-state index in [-0.39, 0.29) is 42.7 Å². The van der Waals surface area contributed by atoms with Gasteiger partial charge in [-0.2, -0.15) is 4.31 Å². The average Bonchev–Trinajstić information content (AvgIpc) is 3.24. The molecule has 0 spiro atoms. The van der Waals surface area contributed by atoms with Gasteiger partial charge in [0.05, 0.1) is 27.2 Å². The number of pyridine rings is 1. The van der Waals surface area contributed by atoms with Gasteiger partial charge in [0.2, 0.25) is 10.0 Å². The topological polar surface area (TPSA) is 96.6 Å². The van der Waals surface area contributed by atoms with Crippen LogP contribution >= 0.6 is 0 Å². The van der Waals surface area contributed by atoms with Gasteiger partial charge in [-0.05, 0) is 55.5 Å². The van der Waals surface area contributed by atoms with E-state index in [9.17, 15) is 22.0 Å². The zero-order valence-electron chi connectivity index (χ0n) is 18.6. The maximum absolute atomic E-state index is 13.6. The van der Waals surface area contributed by atoms with E-state index < -0.39 is 21.7 Å². The molecule has 4 aromatic rings. The Bertz CT molecular complexity index is 1530. The molecule has 1 amide bonds. The summed E-state index contributed by atoms with van der Waals surface area (Å²) in [6, 6.07) is 12.2. The van der Waals surface area contributed by atoms with Crippen LogP contribution in [0.2, 0.25) is 0 Å². The summed E-state index contributed by atoms with van der Waals surface area (Å²) in [5.74, 6) is -1.36. The highest BCUT2D eigenvalue weighted by Gasteiger charge is 2.32. The van der Waals surface area contributed by atoms with E-state index in [0.717, 1.165) is 6.07 Å². The Morgan fingerprint density at radius 1 is 0.971 bits per heavy atom. The fourth-order valence-electron chi connectivity index (χ4n) is 4.11. The first-order valence-corrected chi connectivity index (χ1v) is 12.3. The highest BCUT2D eigenvalue weighted by Crippen LogP contribution is 2.29. The number of nitrogens with zero attached hydrogens (tertiary/aromatic N) is 4. The van der Waals surface area contributed by atoms with E-state index in [1.807, 2.05) is 0 Å². The van der Waals surface area contributed by atoms with Crippen molar-refractivity contribution in [1.82, 2.24) is 19.3 Å². The molecule has 0 N–H and O–H groups in total. The highest BCUT2D eigenvalue weighted by atomic mass is 32.2. The molecule has 0 bridgehead atoms. The summed E-state index contributed by atoms with van der Waals surface area (Å²) in [7, 11) is -3.89. The van der Waals surface area contributed by atoms with Crippen LogP contribution in [0.1, 0.15) is 16.1 Å². The molecule has 0 atom stereocenters. The number of amides is 1. The molecule has 8 nitrogen and oxygen atoms in total. The molecule has 0 radical (unpaired) electrons. The maximum atomic E-state index is 13.6. The molecule has 5 rings (SSSR count). The van der Waals surface area contributed by atoms with Gasteiger partial charge in [0.1, 0.15) is 11.6 Å². The zero-order valence-corrected chi connectivity index (χ0v) is 19.4. The zero-order chi connectivity index (χ0) is 24.7. The Morgan fingerprint density at radius 3 is 2.37 bits per heavy atom. The second-order valence-electron chi connectivity index (χ2n) is 8.16. The van der Waals surface area contributed by atoms with Crippen molar-refractivity contribution in [3.63, 3.8) is 0 Å². The van der Waals surface area contributed by atoms with E-state index in [1.54, 1.807) is 30.0 Å². The highest BCUT2D eigenvalue weighted by molar-refractivity contribution is 7.89. The first-order chi connectivity index (χ1) is 16.7. The fourth-order valence-corrected chi connectivity index (χ4v) is 5.56. The van der Waals surface area contributed by atoms with Crippen LogP contribution < -0.4 is 0 Å². The van der Waals surface area contributed by atoms with Crippen molar-refractivity contribution in [3.8, 4) is 11.3 Å². The molecule has 2 aromatic heterocycles. The number of hydrogen-bond acceptors (Lipinski definition) is 6. The minimum Gasteiger partial charge on any atom is -0.336 e. The van der Waals surface area contributed by atoms with Gasteiger partial charge in [0.15, 0.2) is 0 Å². The summed E-state index contributed by atoms with van der Waals surface area (Å²) >= 11 is 0. The molecule has 11 heteroatoms. The van der Waals surface area contributed by atoms with Crippen molar-refractivity contribution in [2.75, 3.05) is 26.2 Å². The Hall–Kier alpha value is -3.70. The van der Waals surface area contributed by atoms with Gasteiger partial charge < -0.3 is 9.42 Å². The molecule has 0 unspecified atom stereocenters. The molecule has 35 heavy (non-hydrogen) atoms. The Kier molecular flexibility index (Phi) is 5.81. The number of hydrogen-bond donors (Lipinski definition) is 0. The minimum absolute atomic E-state index is 0.0618. The van der Waals surface area contributed by atoms with Crippen LogP contribution in [0.15, 0.2) is 64.0 Å². The van der Waals surface area contributed by atoms with Crippen molar-refractivity contribution in [2.24, 2.45) is 0 Å². The van der Waals surface area contributed by atoms with Gasteiger partial charge in [-0.25, -0.2) is 22.2 Å². The van der Waals surface area contributed by atoms with Crippen molar-refractivity contribution in [3.05, 3.63) is 77.5 Å². The number of rotatable bonds is 4. The third kappa shape index (κ3) is 4.28. The lowest BCUT2D eigenvalue weighted by Crippen LogP contribution is -2.50. The molecule has 0 aliphatic carbocycles. The smallest absolute Gasteiger partial charge is 0.259 e. The molecule has 1 aliphatic heterocycles. The van der Waals surface area contributed by atoms with Crippen LogP contribution in [0.25, 0.3) is 22.4 Å². The lowest BCUT2D eigenvalue weighted by atomic mass is 10.0. The van der Waals surface area contributed by atoms with Gasteiger partial charge >= 0.3 is 0 Å². The molecule has 2 aromatic carbocycles. The van der Waals surface area contributed by atoms with Gasteiger partial charge in [-0.3, -0.25) is 4.79 Å². The summed E-state index contributed by atoms with van der Waals surface area (Å²) in [6.07, 6.45) is 0. The molecular formula is C24H20F2N4O4S. The van der Waals surface area contributed by atoms with Crippen molar-refractivity contribution in [1.29, 1.82) is 0 Å². The van der Waals surface area contributed by atoms with Crippen LogP contribution in [0.3, 0.4) is 0 Å². The monoisotopic (exact) mass is 498 g/mol. The number of halogens is 2. The summed E-state index contributed by atoms with van der Waals surface area (Å²) in [4.78, 5) is 19.4. The molecule has 1 fully saturated rings. The Balaban J connectivity index is 1.42. The van der Waals surface area contributed by atoms with Gasteiger partial charge in [-0.15, -0.1) is 0 Å². The van der Waals surface area contributed by atoms with Crippen LogP contribution in [0.4, 0.5) is 8.78 Å². The first-order valence-electron chi connectivity index (χ1n) is 10.8. The second kappa shape index (κ2) is 8.82. The predicted molar refractivity (Wildman–Crippen MR) is 123 cm³/mol. The third-order valence-corrected chi connectivity index (χ3v) is 7.84. The number of carbonyl (C=O) groups excluding carboxylic acids is 1. The fraction of sp³-hybridized carbons (Fsp3) is 0.208. The summed E-state index contributed by atoms with van der Waals surface area (Å²) < 4.78 is 59.3. The summed E-state index contributed by atoms with van der Waals surface area (Å²) in [5, 5.41) is 4.40. The quantitative estimate of drug-likeness (QED) is 0.426. The second-order valence-corrected chi connectivity index (χ2v) is 10.1. The number of benzene rings is 2. The Labute approximate surface area is 199 Å². The lowest BCUT2D eigenvalue weighted by Gasteiger charge is -2.34. The summed E-state index contributed by atoms with van der Waals surface area (Å²) in [6.45, 7) is 2.12. The number of carbonyl (C=O) groups is 1. The number of aromatic nitrogens is 2. The number of sulfonamides is 1. The average molecular weight is 499 g/mol. The number of piperazine rings is 1.